The van der Waals surface area contributed by atoms with Gasteiger partial charge in [0.25, 0.3) is 11.8 Å². The first-order valence-corrected chi connectivity index (χ1v) is 9.02. The van der Waals surface area contributed by atoms with Crippen molar-refractivity contribution in [2.45, 2.75) is 12.8 Å². The van der Waals surface area contributed by atoms with Crippen LogP contribution in [0.15, 0.2) is 54.0 Å². The van der Waals surface area contributed by atoms with Crippen LogP contribution in [0, 0.1) is 0 Å². The lowest BCUT2D eigenvalue weighted by molar-refractivity contribution is -0.136. The van der Waals surface area contributed by atoms with E-state index in [-0.39, 0.29) is 30.2 Å². The molecule has 0 saturated heterocycles. The minimum absolute atomic E-state index is 0.0323. The molecule has 3 heterocycles. The fourth-order valence-corrected chi connectivity index (χ4v) is 3.46. The fourth-order valence-electron chi connectivity index (χ4n) is 3.46. The summed E-state index contributed by atoms with van der Waals surface area (Å²) in [5.41, 5.74) is 2.67. The average Bonchev–Trinajstić information content (AvgIpc) is 2.94. The predicted octanol–water partition coefficient (Wildman–Crippen LogP) is 1.43. The fraction of sp³-hybridized carbons (Fsp3) is 0.250. The highest BCUT2D eigenvalue weighted by molar-refractivity contribution is 6.19. The van der Waals surface area contributed by atoms with Gasteiger partial charge in [-0.15, -0.1) is 0 Å². The maximum Gasteiger partial charge on any atom is 0.277 e. The van der Waals surface area contributed by atoms with Crippen LogP contribution in [0.25, 0.3) is 11.1 Å². The Morgan fingerprint density at radius 2 is 1.79 bits per heavy atom. The van der Waals surface area contributed by atoms with Gasteiger partial charge >= 0.3 is 0 Å². The van der Waals surface area contributed by atoms with E-state index in [1.807, 2.05) is 30.3 Å². The second-order valence-corrected chi connectivity index (χ2v) is 6.73. The van der Waals surface area contributed by atoms with Crippen LogP contribution in [0.4, 0.5) is 5.95 Å². The maximum absolute atomic E-state index is 12.4. The molecular weight excluding hydrogens is 358 g/mol. The van der Waals surface area contributed by atoms with Crippen LogP contribution >= 0.6 is 0 Å². The first-order chi connectivity index (χ1) is 13.5. The molecule has 0 atom stereocenters. The molecule has 0 spiro atoms. The van der Waals surface area contributed by atoms with Crippen LogP contribution < -0.4 is 5.32 Å². The number of nitrogens with one attached hydrogen (secondary N) is 1. The topological polar surface area (TPSA) is 95.5 Å². The van der Waals surface area contributed by atoms with Crippen molar-refractivity contribution in [3.63, 3.8) is 0 Å². The molecule has 0 fully saturated rings. The molecular formula is C20H19N5O3. The Bertz CT molecular complexity index is 969. The standard InChI is InChI=1S/C20H19N5O3/c1-24-18(27)15-8-5-9-25(17(15)19(24)28)12-16(26)23-20-21-10-14(11-22-20)13-6-3-2-4-7-13/h2-4,6-7,10-11H,5,8-9,12H2,1H3,(H,21,22,23,26). The first kappa shape index (κ1) is 17.8. The third kappa shape index (κ3) is 3.24. The monoisotopic (exact) mass is 377 g/mol. The molecule has 0 unspecified atom stereocenters. The highest BCUT2D eigenvalue weighted by Crippen LogP contribution is 2.30. The molecule has 0 saturated carbocycles. The number of anilines is 1. The molecule has 0 bridgehead atoms. The number of benzene rings is 1. The average molecular weight is 377 g/mol. The van der Waals surface area contributed by atoms with E-state index >= 15 is 0 Å². The second kappa shape index (κ2) is 7.22. The Balaban J connectivity index is 1.43. The lowest BCUT2D eigenvalue weighted by atomic mass is 10.0. The van der Waals surface area contributed by atoms with Crippen LogP contribution in [0.5, 0.6) is 0 Å². The van der Waals surface area contributed by atoms with Gasteiger partial charge in [0.2, 0.25) is 11.9 Å². The summed E-state index contributed by atoms with van der Waals surface area (Å²) in [4.78, 5) is 48.0. The Morgan fingerprint density at radius 1 is 1.07 bits per heavy atom. The van der Waals surface area contributed by atoms with Gasteiger partial charge < -0.3 is 4.90 Å². The van der Waals surface area contributed by atoms with Crippen molar-refractivity contribution in [2.24, 2.45) is 0 Å². The molecule has 2 aromatic rings. The summed E-state index contributed by atoms with van der Waals surface area (Å²) in [7, 11) is 1.46. The van der Waals surface area contributed by atoms with Gasteiger partial charge in [0.15, 0.2) is 0 Å². The van der Waals surface area contributed by atoms with Crippen molar-refractivity contribution in [1.82, 2.24) is 19.8 Å². The van der Waals surface area contributed by atoms with E-state index in [4.69, 9.17) is 0 Å². The quantitative estimate of drug-likeness (QED) is 0.810. The summed E-state index contributed by atoms with van der Waals surface area (Å²) in [5, 5.41) is 2.65. The first-order valence-electron chi connectivity index (χ1n) is 9.02. The van der Waals surface area contributed by atoms with Gasteiger partial charge in [-0.1, -0.05) is 30.3 Å². The molecule has 4 rings (SSSR count). The lowest BCUT2D eigenvalue weighted by Gasteiger charge is -2.28. The Labute approximate surface area is 161 Å². The van der Waals surface area contributed by atoms with E-state index in [0.29, 0.717) is 24.2 Å². The maximum atomic E-state index is 12.4. The number of aromatic nitrogens is 2. The SMILES string of the molecule is CN1C(=O)C2=C(C1=O)N(CC(=O)Nc1ncc(-c3ccccc3)cn1)CCC2. The van der Waals surface area contributed by atoms with Gasteiger partial charge in [-0.25, -0.2) is 9.97 Å². The summed E-state index contributed by atoms with van der Waals surface area (Å²) in [5.74, 6) is -0.765. The number of carbonyl (C=O) groups excluding carboxylic acids is 3. The van der Waals surface area contributed by atoms with Gasteiger partial charge in [-0.3, -0.25) is 24.6 Å². The molecule has 1 N–H and O–H groups in total. The van der Waals surface area contributed by atoms with Crippen LogP contribution in [-0.4, -0.2) is 57.6 Å². The molecule has 1 aromatic heterocycles. The molecule has 0 radical (unpaired) electrons. The van der Waals surface area contributed by atoms with E-state index in [9.17, 15) is 14.4 Å². The zero-order chi connectivity index (χ0) is 19.7. The van der Waals surface area contributed by atoms with Crippen LogP contribution in [0.1, 0.15) is 12.8 Å². The Kier molecular flexibility index (Phi) is 4.60. The third-order valence-electron chi connectivity index (χ3n) is 4.87. The molecule has 2 aliphatic rings. The molecule has 8 heteroatoms. The normalized spacial score (nSPS) is 16.5. The summed E-state index contributed by atoms with van der Waals surface area (Å²) in [6.07, 6.45) is 4.58. The lowest BCUT2D eigenvalue weighted by Crippen LogP contribution is -2.38. The number of carbonyl (C=O) groups is 3. The summed E-state index contributed by atoms with van der Waals surface area (Å²) < 4.78 is 0. The summed E-state index contributed by atoms with van der Waals surface area (Å²) in [6, 6.07) is 9.70. The zero-order valence-electron chi connectivity index (χ0n) is 15.4. The van der Waals surface area contributed by atoms with E-state index in [1.165, 1.54) is 7.05 Å². The van der Waals surface area contributed by atoms with E-state index in [2.05, 4.69) is 15.3 Å². The third-order valence-corrected chi connectivity index (χ3v) is 4.87. The van der Waals surface area contributed by atoms with Gasteiger partial charge in [-0.2, -0.15) is 0 Å². The van der Waals surface area contributed by atoms with Crippen molar-refractivity contribution < 1.29 is 14.4 Å². The number of hydrogen-bond acceptors (Lipinski definition) is 6. The molecule has 2 aliphatic heterocycles. The smallest absolute Gasteiger partial charge is 0.277 e. The second-order valence-electron chi connectivity index (χ2n) is 6.73. The predicted molar refractivity (Wildman–Crippen MR) is 102 cm³/mol. The number of rotatable bonds is 4. The van der Waals surface area contributed by atoms with Crippen molar-refractivity contribution >= 4 is 23.7 Å². The van der Waals surface area contributed by atoms with E-state index in [1.54, 1.807) is 17.3 Å². The van der Waals surface area contributed by atoms with Crippen LogP contribution in [-0.2, 0) is 14.4 Å². The zero-order valence-corrected chi connectivity index (χ0v) is 15.4. The molecule has 142 valence electrons. The largest absolute Gasteiger partial charge is 0.357 e. The number of amides is 3. The number of nitrogens with zero attached hydrogens (tertiary/aromatic N) is 4. The van der Waals surface area contributed by atoms with Crippen LogP contribution in [0.3, 0.4) is 0 Å². The molecule has 0 aliphatic carbocycles. The minimum atomic E-state index is -0.351. The highest BCUT2D eigenvalue weighted by Gasteiger charge is 2.40. The van der Waals surface area contributed by atoms with E-state index in [0.717, 1.165) is 22.4 Å². The minimum Gasteiger partial charge on any atom is -0.357 e. The van der Waals surface area contributed by atoms with Crippen LogP contribution in [0.2, 0.25) is 0 Å². The van der Waals surface area contributed by atoms with Gasteiger partial charge in [0.05, 0.1) is 6.54 Å². The van der Waals surface area contributed by atoms with Gasteiger partial charge in [0.1, 0.15) is 5.70 Å². The van der Waals surface area contributed by atoms with Crippen molar-refractivity contribution in [2.75, 3.05) is 25.5 Å². The molecule has 28 heavy (non-hydrogen) atoms. The van der Waals surface area contributed by atoms with Crippen molar-refractivity contribution in [3.05, 3.63) is 54.0 Å². The Morgan fingerprint density at radius 3 is 2.50 bits per heavy atom. The Hall–Kier alpha value is -3.55. The van der Waals surface area contributed by atoms with Gasteiger partial charge in [-0.05, 0) is 18.4 Å². The molecule has 3 amide bonds. The van der Waals surface area contributed by atoms with Crippen molar-refractivity contribution in [3.8, 4) is 11.1 Å². The molecule has 8 nitrogen and oxygen atoms in total. The highest BCUT2D eigenvalue weighted by atomic mass is 16.2. The van der Waals surface area contributed by atoms with Gasteiger partial charge in [0, 0.05) is 37.1 Å². The number of likely N-dealkylation sites (N-methyl/N-ethyl adjacent to an activating group) is 1. The number of imide groups is 1. The number of hydrogen-bond donors (Lipinski definition) is 1. The molecule has 1 aromatic carbocycles. The van der Waals surface area contributed by atoms with E-state index < -0.39 is 0 Å². The summed E-state index contributed by atoms with van der Waals surface area (Å²) >= 11 is 0. The van der Waals surface area contributed by atoms with Crippen molar-refractivity contribution in [1.29, 1.82) is 0 Å². The summed E-state index contributed by atoms with van der Waals surface area (Å²) in [6.45, 7) is 0.516.